The van der Waals surface area contributed by atoms with Crippen molar-refractivity contribution < 1.29 is 4.79 Å². The van der Waals surface area contributed by atoms with Crippen LogP contribution in [0.4, 0.5) is 5.69 Å². The Morgan fingerprint density at radius 3 is 2.38 bits per heavy atom. The van der Waals surface area contributed by atoms with Gasteiger partial charge in [-0.3, -0.25) is 9.69 Å². The first kappa shape index (κ1) is 16.0. The average Bonchev–Trinajstić information content (AvgIpc) is 2.80. The second-order valence-corrected chi connectivity index (χ2v) is 6.91. The molecular weight excluding hydrogens is 260 g/mol. The minimum atomic E-state index is 0.237. The van der Waals surface area contributed by atoms with Crippen molar-refractivity contribution in [1.29, 1.82) is 0 Å². The van der Waals surface area contributed by atoms with Gasteiger partial charge in [0.25, 0.3) is 0 Å². The van der Waals surface area contributed by atoms with Gasteiger partial charge in [-0.15, -0.1) is 0 Å². The topological polar surface area (TPSA) is 23.6 Å². The molecule has 0 N–H and O–H groups in total. The van der Waals surface area contributed by atoms with Crippen molar-refractivity contribution >= 4 is 11.6 Å². The summed E-state index contributed by atoms with van der Waals surface area (Å²) in [5.41, 5.74) is 2.40. The molecule has 0 bridgehead atoms. The summed E-state index contributed by atoms with van der Waals surface area (Å²) in [4.78, 5) is 16.9. The minimum Gasteiger partial charge on any atom is -0.311 e. The van der Waals surface area contributed by atoms with Gasteiger partial charge in [-0.05, 0) is 29.9 Å². The van der Waals surface area contributed by atoms with Crippen LogP contribution in [0, 0.1) is 11.8 Å². The van der Waals surface area contributed by atoms with E-state index in [9.17, 15) is 4.79 Å². The molecule has 21 heavy (non-hydrogen) atoms. The Hall–Kier alpha value is -1.35. The highest BCUT2D eigenvalue weighted by molar-refractivity contribution is 5.96. The monoisotopic (exact) mass is 288 g/mol. The van der Waals surface area contributed by atoms with Gasteiger partial charge in [-0.1, -0.05) is 45.9 Å². The third-order valence-corrected chi connectivity index (χ3v) is 3.79. The lowest BCUT2D eigenvalue weighted by Crippen LogP contribution is -2.42. The first-order valence-electron chi connectivity index (χ1n) is 8.08. The standard InChI is InChI=1S/C18H28N2O/c1-14(2)11-19(12-15(3)4)13-18(21)20-10-9-16-7-5-6-8-17(16)20/h5-8,14-15H,9-13H2,1-4H3. The van der Waals surface area contributed by atoms with Crippen LogP contribution >= 0.6 is 0 Å². The minimum absolute atomic E-state index is 0.237. The molecular formula is C18H28N2O. The molecule has 0 aliphatic carbocycles. The van der Waals surface area contributed by atoms with E-state index >= 15 is 0 Å². The molecule has 3 nitrogen and oxygen atoms in total. The Balaban J connectivity index is 2.02. The van der Waals surface area contributed by atoms with E-state index in [4.69, 9.17) is 0 Å². The number of fused-ring (bicyclic) bond motifs is 1. The number of anilines is 1. The SMILES string of the molecule is CC(C)CN(CC(=O)N1CCc2ccccc21)CC(C)C. The van der Waals surface area contributed by atoms with Crippen LogP contribution in [0.3, 0.4) is 0 Å². The summed E-state index contributed by atoms with van der Waals surface area (Å²) in [6.07, 6.45) is 0.982. The molecule has 0 fully saturated rings. The molecule has 1 aliphatic rings. The summed E-state index contributed by atoms with van der Waals surface area (Å²) in [7, 11) is 0. The number of amides is 1. The van der Waals surface area contributed by atoms with E-state index in [1.54, 1.807) is 0 Å². The Bertz CT molecular complexity index is 472. The molecule has 0 radical (unpaired) electrons. The number of hydrogen-bond donors (Lipinski definition) is 0. The number of carbonyl (C=O) groups is 1. The summed E-state index contributed by atoms with van der Waals surface area (Å²) in [5.74, 6) is 1.41. The van der Waals surface area contributed by atoms with E-state index in [0.29, 0.717) is 18.4 Å². The summed E-state index contributed by atoms with van der Waals surface area (Å²) < 4.78 is 0. The predicted octanol–water partition coefficient (Wildman–Crippen LogP) is 3.19. The second kappa shape index (κ2) is 7.08. The smallest absolute Gasteiger partial charge is 0.241 e. The van der Waals surface area contributed by atoms with Crippen LogP contribution in [0.5, 0.6) is 0 Å². The molecule has 0 saturated heterocycles. The van der Waals surface area contributed by atoms with E-state index in [1.165, 1.54) is 5.56 Å². The fraction of sp³-hybridized carbons (Fsp3) is 0.611. The van der Waals surface area contributed by atoms with Gasteiger partial charge >= 0.3 is 0 Å². The van der Waals surface area contributed by atoms with Gasteiger partial charge in [0, 0.05) is 25.3 Å². The Morgan fingerprint density at radius 1 is 1.14 bits per heavy atom. The summed E-state index contributed by atoms with van der Waals surface area (Å²) in [6.45, 7) is 12.2. The van der Waals surface area contributed by atoms with E-state index in [0.717, 1.165) is 31.7 Å². The largest absolute Gasteiger partial charge is 0.311 e. The number of para-hydroxylation sites is 1. The molecule has 116 valence electrons. The molecule has 1 heterocycles. The number of hydrogen-bond acceptors (Lipinski definition) is 2. The Labute approximate surface area is 128 Å². The lowest BCUT2D eigenvalue weighted by atomic mass is 10.1. The van der Waals surface area contributed by atoms with Crippen LogP contribution in [-0.4, -0.2) is 37.0 Å². The maximum atomic E-state index is 12.7. The molecule has 3 heteroatoms. The van der Waals surface area contributed by atoms with Crippen molar-refractivity contribution in [2.45, 2.75) is 34.1 Å². The fourth-order valence-electron chi connectivity index (χ4n) is 3.11. The van der Waals surface area contributed by atoms with Gasteiger partial charge in [0.2, 0.25) is 5.91 Å². The molecule has 1 aliphatic heterocycles. The third kappa shape index (κ3) is 4.31. The number of benzene rings is 1. The van der Waals surface area contributed by atoms with Crippen LogP contribution in [0.2, 0.25) is 0 Å². The first-order chi connectivity index (χ1) is 9.97. The summed E-state index contributed by atoms with van der Waals surface area (Å²) >= 11 is 0. The number of rotatable bonds is 6. The van der Waals surface area contributed by atoms with Crippen molar-refractivity contribution in [1.82, 2.24) is 4.90 Å². The molecule has 0 aromatic heterocycles. The summed E-state index contributed by atoms with van der Waals surface area (Å²) in [5, 5.41) is 0. The maximum Gasteiger partial charge on any atom is 0.241 e. The molecule has 1 aromatic carbocycles. The van der Waals surface area contributed by atoms with Crippen molar-refractivity contribution in [3.8, 4) is 0 Å². The highest BCUT2D eigenvalue weighted by Gasteiger charge is 2.25. The number of carbonyl (C=O) groups excluding carboxylic acids is 1. The molecule has 0 unspecified atom stereocenters. The van der Waals surface area contributed by atoms with Gasteiger partial charge in [-0.25, -0.2) is 0 Å². The summed E-state index contributed by atoms with van der Waals surface area (Å²) in [6, 6.07) is 8.26. The number of nitrogens with zero attached hydrogens (tertiary/aromatic N) is 2. The molecule has 2 rings (SSSR count). The van der Waals surface area contributed by atoms with E-state index in [-0.39, 0.29) is 5.91 Å². The van der Waals surface area contributed by atoms with E-state index in [1.807, 2.05) is 11.0 Å². The zero-order chi connectivity index (χ0) is 15.4. The van der Waals surface area contributed by atoms with Crippen molar-refractivity contribution in [3.05, 3.63) is 29.8 Å². The van der Waals surface area contributed by atoms with Crippen LogP contribution in [0.15, 0.2) is 24.3 Å². The van der Waals surface area contributed by atoms with Crippen LogP contribution < -0.4 is 4.90 Å². The second-order valence-electron chi connectivity index (χ2n) is 6.91. The van der Waals surface area contributed by atoms with Crippen molar-refractivity contribution in [2.75, 3.05) is 31.1 Å². The van der Waals surface area contributed by atoms with E-state index in [2.05, 4.69) is 50.8 Å². The van der Waals surface area contributed by atoms with Gasteiger partial charge in [0.1, 0.15) is 0 Å². The van der Waals surface area contributed by atoms with E-state index < -0.39 is 0 Å². The lowest BCUT2D eigenvalue weighted by Gasteiger charge is -2.28. The predicted molar refractivity (Wildman–Crippen MR) is 88.6 cm³/mol. The highest BCUT2D eigenvalue weighted by Crippen LogP contribution is 2.27. The Kier molecular flexibility index (Phi) is 5.40. The van der Waals surface area contributed by atoms with Crippen LogP contribution in [0.25, 0.3) is 0 Å². The van der Waals surface area contributed by atoms with Gasteiger partial charge in [-0.2, -0.15) is 0 Å². The quantitative estimate of drug-likeness (QED) is 0.802. The molecule has 0 atom stereocenters. The zero-order valence-corrected chi connectivity index (χ0v) is 13.8. The molecule has 0 spiro atoms. The lowest BCUT2D eigenvalue weighted by molar-refractivity contribution is -0.119. The normalized spacial score (nSPS) is 14.3. The average molecular weight is 288 g/mol. The van der Waals surface area contributed by atoms with Gasteiger partial charge in [0.05, 0.1) is 6.54 Å². The van der Waals surface area contributed by atoms with Crippen molar-refractivity contribution in [3.63, 3.8) is 0 Å². The Morgan fingerprint density at radius 2 is 1.76 bits per heavy atom. The zero-order valence-electron chi connectivity index (χ0n) is 13.8. The van der Waals surface area contributed by atoms with Crippen molar-refractivity contribution in [2.24, 2.45) is 11.8 Å². The van der Waals surface area contributed by atoms with Gasteiger partial charge < -0.3 is 4.90 Å². The highest BCUT2D eigenvalue weighted by atomic mass is 16.2. The molecule has 0 saturated carbocycles. The van der Waals surface area contributed by atoms with Crippen LogP contribution in [-0.2, 0) is 11.2 Å². The first-order valence-corrected chi connectivity index (χ1v) is 8.08. The molecule has 1 amide bonds. The third-order valence-electron chi connectivity index (χ3n) is 3.79. The maximum absolute atomic E-state index is 12.7. The van der Waals surface area contributed by atoms with Gasteiger partial charge in [0.15, 0.2) is 0 Å². The van der Waals surface area contributed by atoms with Crippen LogP contribution in [0.1, 0.15) is 33.3 Å². The molecule has 1 aromatic rings. The fourth-order valence-corrected chi connectivity index (χ4v) is 3.11.